The zero-order valence-electron chi connectivity index (χ0n) is 10.6. The topological polar surface area (TPSA) is 21.3 Å². The third-order valence-corrected chi connectivity index (χ3v) is 2.93. The Morgan fingerprint density at radius 1 is 1.21 bits per heavy atom. The first kappa shape index (κ1) is 13.7. The van der Waals surface area contributed by atoms with Crippen molar-refractivity contribution in [3.05, 3.63) is 58.9 Å². The van der Waals surface area contributed by atoms with E-state index in [0.29, 0.717) is 18.8 Å². The molecule has 0 radical (unpaired) electrons. The number of anilines is 1. The summed E-state index contributed by atoms with van der Waals surface area (Å²) in [6.45, 7) is 3.18. The number of rotatable bonds is 5. The van der Waals surface area contributed by atoms with E-state index in [4.69, 9.17) is 16.3 Å². The standard InChI is InChI=1S/C15H15ClFNO/c1-2-19-13-5-3-4-11(8-13)10-18-12-6-7-14(16)15(17)9-12/h3-9,18H,2,10H2,1H3. The van der Waals surface area contributed by atoms with E-state index in [0.717, 1.165) is 11.3 Å². The molecule has 0 atom stereocenters. The SMILES string of the molecule is CCOc1cccc(CNc2ccc(Cl)c(F)c2)c1. The van der Waals surface area contributed by atoms with E-state index in [9.17, 15) is 4.39 Å². The molecule has 0 aromatic heterocycles. The van der Waals surface area contributed by atoms with Gasteiger partial charge in [0.25, 0.3) is 0 Å². The van der Waals surface area contributed by atoms with Crippen molar-refractivity contribution in [1.82, 2.24) is 0 Å². The highest BCUT2D eigenvalue weighted by molar-refractivity contribution is 6.30. The van der Waals surface area contributed by atoms with Gasteiger partial charge < -0.3 is 10.1 Å². The second-order valence-electron chi connectivity index (χ2n) is 4.06. The van der Waals surface area contributed by atoms with Crippen molar-refractivity contribution in [2.24, 2.45) is 0 Å². The Bertz CT molecular complexity index is 560. The van der Waals surface area contributed by atoms with E-state index in [1.165, 1.54) is 12.1 Å². The molecule has 0 unspecified atom stereocenters. The second-order valence-corrected chi connectivity index (χ2v) is 4.47. The lowest BCUT2D eigenvalue weighted by Gasteiger charge is -2.09. The van der Waals surface area contributed by atoms with Crippen LogP contribution in [-0.4, -0.2) is 6.61 Å². The molecule has 0 bridgehead atoms. The fourth-order valence-corrected chi connectivity index (χ4v) is 1.84. The Labute approximate surface area is 117 Å². The normalized spacial score (nSPS) is 10.3. The molecule has 2 aromatic rings. The molecule has 100 valence electrons. The van der Waals surface area contributed by atoms with E-state index in [1.807, 2.05) is 31.2 Å². The van der Waals surface area contributed by atoms with Gasteiger partial charge in [-0.15, -0.1) is 0 Å². The Morgan fingerprint density at radius 2 is 2.05 bits per heavy atom. The summed E-state index contributed by atoms with van der Waals surface area (Å²) in [5.74, 6) is 0.416. The van der Waals surface area contributed by atoms with Gasteiger partial charge in [-0.2, -0.15) is 0 Å². The van der Waals surface area contributed by atoms with Gasteiger partial charge in [0, 0.05) is 12.2 Å². The van der Waals surface area contributed by atoms with Gasteiger partial charge >= 0.3 is 0 Å². The maximum Gasteiger partial charge on any atom is 0.143 e. The van der Waals surface area contributed by atoms with Crippen molar-refractivity contribution in [2.45, 2.75) is 13.5 Å². The summed E-state index contributed by atoms with van der Waals surface area (Å²) in [5.41, 5.74) is 1.77. The zero-order chi connectivity index (χ0) is 13.7. The lowest BCUT2D eigenvalue weighted by molar-refractivity contribution is 0.340. The van der Waals surface area contributed by atoms with Crippen LogP contribution in [0.3, 0.4) is 0 Å². The average molecular weight is 280 g/mol. The molecule has 2 aromatic carbocycles. The van der Waals surface area contributed by atoms with Crippen LogP contribution in [0.4, 0.5) is 10.1 Å². The quantitative estimate of drug-likeness (QED) is 0.871. The van der Waals surface area contributed by atoms with E-state index in [2.05, 4.69) is 5.32 Å². The number of halogens is 2. The van der Waals surface area contributed by atoms with Crippen LogP contribution >= 0.6 is 11.6 Å². The van der Waals surface area contributed by atoms with Crippen LogP contribution in [0.2, 0.25) is 5.02 Å². The Hall–Kier alpha value is -1.74. The third kappa shape index (κ3) is 3.86. The highest BCUT2D eigenvalue weighted by atomic mass is 35.5. The molecule has 2 rings (SSSR count). The molecular weight excluding hydrogens is 265 g/mol. The second kappa shape index (κ2) is 6.43. The molecule has 0 aliphatic heterocycles. The number of nitrogens with one attached hydrogen (secondary N) is 1. The number of hydrogen-bond acceptors (Lipinski definition) is 2. The van der Waals surface area contributed by atoms with Gasteiger partial charge in [-0.25, -0.2) is 4.39 Å². The molecule has 2 nitrogen and oxygen atoms in total. The molecule has 0 aliphatic rings. The summed E-state index contributed by atoms with van der Waals surface area (Å²) in [7, 11) is 0. The number of hydrogen-bond donors (Lipinski definition) is 1. The summed E-state index contributed by atoms with van der Waals surface area (Å²) >= 11 is 5.63. The zero-order valence-corrected chi connectivity index (χ0v) is 11.4. The summed E-state index contributed by atoms with van der Waals surface area (Å²) < 4.78 is 18.7. The van der Waals surface area contributed by atoms with Gasteiger partial charge in [0.05, 0.1) is 11.6 Å². The lowest BCUT2D eigenvalue weighted by atomic mass is 10.2. The first-order valence-corrected chi connectivity index (χ1v) is 6.47. The molecule has 0 heterocycles. The molecule has 1 N–H and O–H groups in total. The highest BCUT2D eigenvalue weighted by Crippen LogP contribution is 2.20. The minimum absolute atomic E-state index is 0.129. The molecular formula is C15H15ClFNO. The smallest absolute Gasteiger partial charge is 0.143 e. The van der Waals surface area contributed by atoms with Crippen LogP contribution in [0, 0.1) is 5.82 Å². The summed E-state index contributed by atoms with van der Waals surface area (Å²) in [5, 5.41) is 3.27. The van der Waals surface area contributed by atoms with Crippen LogP contribution in [-0.2, 0) is 6.54 Å². The molecule has 19 heavy (non-hydrogen) atoms. The van der Waals surface area contributed by atoms with Crippen LogP contribution in [0.1, 0.15) is 12.5 Å². The molecule has 0 aliphatic carbocycles. The van der Waals surface area contributed by atoms with E-state index >= 15 is 0 Å². The predicted molar refractivity (Wildman–Crippen MR) is 76.3 cm³/mol. The minimum atomic E-state index is -0.422. The van der Waals surface area contributed by atoms with Gasteiger partial charge in [-0.1, -0.05) is 23.7 Å². The summed E-state index contributed by atoms with van der Waals surface area (Å²) in [4.78, 5) is 0. The average Bonchev–Trinajstić information content (AvgIpc) is 2.41. The fourth-order valence-electron chi connectivity index (χ4n) is 1.72. The van der Waals surface area contributed by atoms with Crippen molar-refractivity contribution < 1.29 is 9.13 Å². The molecule has 4 heteroatoms. The maximum absolute atomic E-state index is 13.3. The summed E-state index contributed by atoms with van der Waals surface area (Å²) in [6.07, 6.45) is 0. The monoisotopic (exact) mass is 279 g/mol. The first-order valence-electron chi connectivity index (χ1n) is 6.09. The third-order valence-electron chi connectivity index (χ3n) is 2.63. The van der Waals surface area contributed by atoms with Gasteiger partial charge in [0.1, 0.15) is 11.6 Å². The molecule has 0 fully saturated rings. The Kier molecular flexibility index (Phi) is 4.63. The van der Waals surface area contributed by atoms with E-state index in [-0.39, 0.29) is 5.02 Å². The molecule has 0 saturated heterocycles. The Morgan fingerprint density at radius 3 is 2.79 bits per heavy atom. The maximum atomic E-state index is 13.3. The van der Waals surface area contributed by atoms with Crippen molar-refractivity contribution in [3.63, 3.8) is 0 Å². The predicted octanol–water partition coefficient (Wildman–Crippen LogP) is 4.49. The van der Waals surface area contributed by atoms with Crippen LogP contribution in [0.5, 0.6) is 5.75 Å². The van der Waals surface area contributed by atoms with Gasteiger partial charge in [0.15, 0.2) is 0 Å². The Balaban J connectivity index is 2.01. The van der Waals surface area contributed by atoms with Crippen molar-refractivity contribution in [1.29, 1.82) is 0 Å². The van der Waals surface area contributed by atoms with Crippen molar-refractivity contribution in [2.75, 3.05) is 11.9 Å². The van der Waals surface area contributed by atoms with Crippen molar-refractivity contribution in [3.8, 4) is 5.75 Å². The highest BCUT2D eigenvalue weighted by Gasteiger charge is 2.01. The van der Waals surface area contributed by atoms with E-state index in [1.54, 1.807) is 6.07 Å². The van der Waals surface area contributed by atoms with Crippen LogP contribution < -0.4 is 10.1 Å². The van der Waals surface area contributed by atoms with Crippen LogP contribution in [0.25, 0.3) is 0 Å². The lowest BCUT2D eigenvalue weighted by Crippen LogP contribution is -2.00. The van der Waals surface area contributed by atoms with Gasteiger partial charge in [0.2, 0.25) is 0 Å². The number of benzene rings is 2. The van der Waals surface area contributed by atoms with Gasteiger partial charge in [-0.3, -0.25) is 0 Å². The minimum Gasteiger partial charge on any atom is -0.494 e. The van der Waals surface area contributed by atoms with Crippen LogP contribution in [0.15, 0.2) is 42.5 Å². The first-order chi connectivity index (χ1) is 9.19. The van der Waals surface area contributed by atoms with Crippen molar-refractivity contribution >= 4 is 17.3 Å². The molecule has 0 spiro atoms. The fraction of sp³-hybridized carbons (Fsp3) is 0.200. The summed E-state index contributed by atoms with van der Waals surface area (Å²) in [6, 6.07) is 12.5. The largest absolute Gasteiger partial charge is 0.494 e. The molecule has 0 amide bonds. The van der Waals surface area contributed by atoms with E-state index < -0.39 is 5.82 Å². The number of ether oxygens (including phenoxy) is 1. The molecule has 0 saturated carbocycles. The van der Waals surface area contributed by atoms with Gasteiger partial charge in [-0.05, 0) is 42.8 Å².